The van der Waals surface area contributed by atoms with Gasteiger partial charge >= 0.3 is 5.97 Å². The lowest BCUT2D eigenvalue weighted by molar-refractivity contribution is -0.137. The molecule has 122 valence electrons. The summed E-state index contributed by atoms with van der Waals surface area (Å²) in [5.41, 5.74) is 0. The number of carbonyl (C=O) groups is 1. The van der Waals surface area contributed by atoms with Gasteiger partial charge in [-0.2, -0.15) is 0 Å². The summed E-state index contributed by atoms with van der Waals surface area (Å²) in [4.78, 5) is 10.3. The highest BCUT2D eigenvalue weighted by Gasteiger charge is 1.96. The molecule has 0 radical (unpaired) electrons. The first-order chi connectivity index (χ1) is 10.2. The van der Waals surface area contributed by atoms with Crippen molar-refractivity contribution in [2.45, 2.75) is 83.7 Å². The van der Waals surface area contributed by atoms with Crippen molar-refractivity contribution >= 4 is 5.97 Å². The van der Waals surface area contributed by atoms with Gasteiger partial charge in [-0.25, -0.2) is 0 Å². The number of aliphatic hydroxyl groups is 1. The van der Waals surface area contributed by atoms with Crippen LogP contribution in [0.3, 0.4) is 0 Å². The third kappa shape index (κ3) is 16.9. The summed E-state index contributed by atoms with van der Waals surface area (Å²) in [5, 5.41) is 18.3. The lowest BCUT2D eigenvalue weighted by Gasteiger charge is -2.01. The molecule has 3 nitrogen and oxygen atoms in total. The molecular weight excluding hydrogens is 264 g/mol. The smallest absolute Gasteiger partial charge is 0.303 e. The molecule has 1 atom stereocenters. The van der Waals surface area contributed by atoms with Crippen LogP contribution in [0.5, 0.6) is 0 Å². The maximum absolute atomic E-state index is 10.3. The molecule has 2 N–H and O–H groups in total. The molecule has 0 saturated heterocycles. The summed E-state index contributed by atoms with van der Waals surface area (Å²) in [6.45, 7) is 2.20. The average Bonchev–Trinajstić information content (AvgIpc) is 2.45. The van der Waals surface area contributed by atoms with Crippen molar-refractivity contribution in [3.8, 4) is 0 Å². The Morgan fingerprint density at radius 3 is 2.33 bits per heavy atom. The van der Waals surface area contributed by atoms with Crippen molar-refractivity contribution in [2.24, 2.45) is 0 Å². The van der Waals surface area contributed by atoms with Crippen molar-refractivity contribution < 1.29 is 15.0 Å². The molecule has 0 aromatic rings. The zero-order valence-corrected chi connectivity index (χ0v) is 13.5. The zero-order chi connectivity index (χ0) is 15.8. The number of carboxylic acid groups (broad SMARTS) is 1. The van der Waals surface area contributed by atoms with E-state index in [1.165, 1.54) is 19.3 Å². The second-order valence-corrected chi connectivity index (χ2v) is 5.55. The molecule has 0 heterocycles. The number of aliphatic carboxylic acids is 1. The second-order valence-electron chi connectivity index (χ2n) is 5.55. The molecule has 0 aliphatic carbocycles. The van der Waals surface area contributed by atoms with Crippen molar-refractivity contribution in [1.82, 2.24) is 0 Å². The summed E-state index contributed by atoms with van der Waals surface area (Å²) in [6, 6.07) is 0. The number of hydrogen-bond acceptors (Lipinski definition) is 2. The first-order valence-electron chi connectivity index (χ1n) is 8.38. The van der Waals surface area contributed by atoms with Gasteiger partial charge in [-0.15, -0.1) is 0 Å². The van der Waals surface area contributed by atoms with E-state index >= 15 is 0 Å². The van der Waals surface area contributed by atoms with Gasteiger partial charge < -0.3 is 10.2 Å². The molecule has 21 heavy (non-hydrogen) atoms. The molecule has 0 spiro atoms. The largest absolute Gasteiger partial charge is 0.481 e. The quantitative estimate of drug-likeness (QED) is 0.355. The number of rotatable bonds is 14. The van der Waals surface area contributed by atoms with Gasteiger partial charge in [0.05, 0.1) is 6.10 Å². The number of carboxylic acids is 1. The standard InChI is InChI=1S/C18H32O3/c1-2-3-4-5-8-11-14-17(19)15-12-9-6-7-10-13-16-18(20)21/h8,11-12,15,17,19H,2-7,9-10,13-14,16H2,1H3,(H,20,21)/b11-8-,15-12+/t17-/m0/s1. The van der Waals surface area contributed by atoms with E-state index in [1.807, 2.05) is 12.2 Å². The maximum atomic E-state index is 10.3. The monoisotopic (exact) mass is 296 g/mol. The molecule has 0 rings (SSSR count). The minimum atomic E-state index is -0.708. The van der Waals surface area contributed by atoms with E-state index in [2.05, 4.69) is 19.1 Å². The normalized spacial score (nSPS) is 13.2. The summed E-state index contributed by atoms with van der Waals surface area (Å²) in [6.07, 6.45) is 18.4. The Morgan fingerprint density at radius 2 is 1.62 bits per heavy atom. The molecule has 0 unspecified atom stereocenters. The molecule has 0 fully saturated rings. The van der Waals surface area contributed by atoms with Crippen LogP contribution in [0, 0.1) is 0 Å². The third-order valence-corrected chi connectivity index (χ3v) is 3.39. The van der Waals surface area contributed by atoms with E-state index in [0.717, 1.165) is 38.5 Å². The van der Waals surface area contributed by atoms with Gasteiger partial charge in [-0.3, -0.25) is 4.79 Å². The second kappa shape index (κ2) is 15.3. The van der Waals surface area contributed by atoms with Gasteiger partial charge in [-0.05, 0) is 38.5 Å². The van der Waals surface area contributed by atoms with Gasteiger partial charge in [0, 0.05) is 6.42 Å². The average molecular weight is 296 g/mol. The molecule has 0 aromatic heterocycles. The fraction of sp³-hybridized carbons (Fsp3) is 0.722. The summed E-state index contributed by atoms with van der Waals surface area (Å²) in [7, 11) is 0. The van der Waals surface area contributed by atoms with E-state index in [1.54, 1.807) is 0 Å². The van der Waals surface area contributed by atoms with Gasteiger partial charge in [-0.1, -0.05) is 56.9 Å². The molecule has 0 bridgehead atoms. The molecule has 0 aromatic carbocycles. The van der Waals surface area contributed by atoms with E-state index in [-0.39, 0.29) is 12.5 Å². The van der Waals surface area contributed by atoms with Gasteiger partial charge in [0.15, 0.2) is 0 Å². The van der Waals surface area contributed by atoms with E-state index < -0.39 is 5.97 Å². The highest BCUT2D eigenvalue weighted by molar-refractivity contribution is 5.66. The Bertz CT molecular complexity index is 295. The van der Waals surface area contributed by atoms with Gasteiger partial charge in [0.1, 0.15) is 0 Å². The van der Waals surface area contributed by atoms with Crippen molar-refractivity contribution in [3.05, 3.63) is 24.3 Å². The molecule has 3 heteroatoms. The minimum absolute atomic E-state index is 0.277. The molecular formula is C18H32O3. The van der Waals surface area contributed by atoms with Gasteiger partial charge in [0.2, 0.25) is 0 Å². The van der Waals surface area contributed by atoms with Crippen LogP contribution in [0.15, 0.2) is 24.3 Å². The van der Waals surface area contributed by atoms with Crippen LogP contribution in [0.1, 0.15) is 77.6 Å². The van der Waals surface area contributed by atoms with Crippen LogP contribution < -0.4 is 0 Å². The zero-order valence-electron chi connectivity index (χ0n) is 13.5. The molecule has 0 saturated carbocycles. The fourth-order valence-corrected chi connectivity index (χ4v) is 2.09. The van der Waals surface area contributed by atoms with Crippen LogP contribution in [0.25, 0.3) is 0 Å². The first-order valence-corrected chi connectivity index (χ1v) is 8.38. The van der Waals surface area contributed by atoms with E-state index in [9.17, 15) is 9.90 Å². The maximum Gasteiger partial charge on any atom is 0.303 e. The Balaban J connectivity index is 3.41. The highest BCUT2D eigenvalue weighted by atomic mass is 16.4. The van der Waals surface area contributed by atoms with E-state index in [4.69, 9.17) is 5.11 Å². The predicted molar refractivity (Wildman–Crippen MR) is 88.4 cm³/mol. The Labute approximate surface area is 129 Å². The minimum Gasteiger partial charge on any atom is -0.481 e. The Morgan fingerprint density at radius 1 is 0.952 bits per heavy atom. The SMILES string of the molecule is CCCCC/C=C\C[C@H](O)/C=C/CCCCCCC(=O)O. The summed E-state index contributed by atoms with van der Waals surface area (Å²) >= 11 is 0. The fourth-order valence-electron chi connectivity index (χ4n) is 2.09. The molecule has 0 amide bonds. The topological polar surface area (TPSA) is 57.5 Å². The van der Waals surface area contributed by atoms with Crippen LogP contribution >= 0.6 is 0 Å². The van der Waals surface area contributed by atoms with Crippen molar-refractivity contribution in [3.63, 3.8) is 0 Å². The van der Waals surface area contributed by atoms with Gasteiger partial charge in [0.25, 0.3) is 0 Å². The van der Waals surface area contributed by atoms with Crippen LogP contribution in [0.4, 0.5) is 0 Å². The lowest BCUT2D eigenvalue weighted by Crippen LogP contribution is -1.99. The number of unbranched alkanes of at least 4 members (excludes halogenated alkanes) is 7. The van der Waals surface area contributed by atoms with Crippen LogP contribution in [-0.4, -0.2) is 22.3 Å². The van der Waals surface area contributed by atoms with Crippen LogP contribution in [0.2, 0.25) is 0 Å². The highest BCUT2D eigenvalue weighted by Crippen LogP contribution is 2.07. The molecule has 0 aliphatic heterocycles. The van der Waals surface area contributed by atoms with Crippen LogP contribution in [-0.2, 0) is 4.79 Å². The number of aliphatic hydroxyl groups excluding tert-OH is 1. The van der Waals surface area contributed by atoms with E-state index in [0.29, 0.717) is 6.42 Å². The first kappa shape index (κ1) is 19.9. The number of hydrogen-bond donors (Lipinski definition) is 2. The Kier molecular flexibility index (Phi) is 14.5. The lowest BCUT2D eigenvalue weighted by atomic mass is 10.1. The summed E-state index contributed by atoms with van der Waals surface area (Å²) in [5.74, 6) is -0.708. The third-order valence-electron chi connectivity index (χ3n) is 3.39. The van der Waals surface area contributed by atoms with Crippen molar-refractivity contribution in [1.29, 1.82) is 0 Å². The molecule has 0 aliphatic rings. The van der Waals surface area contributed by atoms with Crippen molar-refractivity contribution in [2.75, 3.05) is 0 Å². The number of allylic oxidation sites excluding steroid dienone is 2. The summed E-state index contributed by atoms with van der Waals surface area (Å²) < 4.78 is 0. The predicted octanol–water partition coefficient (Wildman–Crippen LogP) is 4.86. The Hall–Kier alpha value is -1.09.